The Morgan fingerprint density at radius 1 is 1.18 bits per heavy atom. The molecule has 0 fully saturated rings. The Hall–Kier alpha value is -3.22. The van der Waals surface area contributed by atoms with Crippen LogP contribution in [0.4, 0.5) is 0 Å². The third-order valence-corrected chi connectivity index (χ3v) is 4.84. The lowest BCUT2D eigenvalue weighted by atomic mass is 9.95. The molecule has 1 aliphatic rings. The van der Waals surface area contributed by atoms with Crippen molar-refractivity contribution in [3.05, 3.63) is 45.6 Å². The Kier molecular flexibility index (Phi) is 4.40. The number of aryl methyl sites for hydroxylation is 1. The van der Waals surface area contributed by atoms with E-state index in [0.717, 1.165) is 5.56 Å². The lowest BCUT2D eigenvalue weighted by Crippen LogP contribution is -2.26. The third kappa shape index (κ3) is 3.35. The number of phenols is 1. The van der Waals surface area contributed by atoms with Crippen LogP contribution in [-0.4, -0.2) is 32.3 Å². The second-order valence-corrected chi connectivity index (χ2v) is 6.34. The molecule has 0 aliphatic heterocycles. The van der Waals surface area contributed by atoms with E-state index in [2.05, 4.69) is 5.32 Å². The summed E-state index contributed by atoms with van der Waals surface area (Å²) in [5, 5.41) is 13.2. The van der Waals surface area contributed by atoms with Crippen LogP contribution in [0.3, 0.4) is 0 Å². The van der Waals surface area contributed by atoms with Gasteiger partial charge in [-0.15, -0.1) is 0 Å². The normalized spacial score (nSPS) is 17.0. The number of phenolic OH excluding ortho intramolecular Hbond substituents is 1. The van der Waals surface area contributed by atoms with Crippen molar-refractivity contribution >= 4 is 5.91 Å². The van der Waals surface area contributed by atoms with E-state index < -0.39 is 24.2 Å². The maximum absolute atomic E-state index is 12.6. The summed E-state index contributed by atoms with van der Waals surface area (Å²) < 4.78 is 38.0. The molecule has 0 saturated carbocycles. The van der Waals surface area contributed by atoms with E-state index >= 15 is 0 Å². The van der Waals surface area contributed by atoms with Crippen LogP contribution in [-0.2, 0) is 11.2 Å². The minimum absolute atomic E-state index is 0.0761. The number of aromatic hydroxyl groups is 1. The monoisotopic (exact) mass is 388 g/mol. The van der Waals surface area contributed by atoms with E-state index in [1.54, 1.807) is 12.1 Å². The number of amides is 1. The number of methoxy groups -OCH3 is 3. The summed E-state index contributed by atoms with van der Waals surface area (Å²) in [5.74, 6) is -0.888. The lowest BCUT2D eigenvalue weighted by Gasteiger charge is -2.18. The molecule has 0 heterocycles. The molecular formula is C21H23NO6. The van der Waals surface area contributed by atoms with Gasteiger partial charge in [-0.25, -0.2) is 0 Å². The fourth-order valence-electron chi connectivity index (χ4n) is 3.60. The zero-order valence-electron chi connectivity index (χ0n) is 18.8. The third-order valence-electron chi connectivity index (χ3n) is 4.84. The maximum Gasteiger partial charge on any atom is 0.220 e. The molecule has 0 unspecified atom stereocenters. The highest BCUT2D eigenvalue weighted by Crippen LogP contribution is 2.49. The molecule has 0 aromatic heterocycles. The highest BCUT2D eigenvalue weighted by atomic mass is 16.5. The Balaban J connectivity index is 2.33. The van der Waals surface area contributed by atoms with Crippen molar-refractivity contribution in [3.63, 3.8) is 0 Å². The summed E-state index contributed by atoms with van der Waals surface area (Å²) in [6.45, 7) is -2.84. The van der Waals surface area contributed by atoms with Crippen molar-refractivity contribution in [1.82, 2.24) is 5.32 Å². The second kappa shape index (κ2) is 7.80. The molecule has 0 radical (unpaired) electrons. The van der Waals surface area contributed by atoms with Crippen molar-refractivity contribution in [1.29, 1.82) is 0 Å². The van der Waals surface area contributed by atoms with Gasteiger partial charge in [0.15, 0.2) is 17.2 Å². The SMILES string of the molecule is [2H]C([2H])([2H])C(=O)N[C@H]1CCc2cc(OC)c(O)c(OC)c2-c2ccc(OC)c(=O)cc21. The Morgan fingerprint density at radius 2 is 1.93 bits per heavy atom. The first kappa shape index (κ1) is 15.8. The number of carbonyl (C=O) groups excluding carboxylic acids is 1. The van der Waals surface area contributed by atoms with Gasteiger partial charge in [-0.1, -0.05) is 6.07 Å². The van der Waals surface area contributed by atoms with Crippen molar-refractivity contribution in [2.75, 3.05) is 21.3 Å². The zero-order valence-corrected chi connectivity index (χ0v) is 15.8. The summed E-state index contributed by atoms with van der Waals surface area (Å²) in [6, 6.07) is 5.32. The van der Waals surface area contributed by atoms with Gasteiger partial charge in [-0.3, -0.25) is 9.59 Å². The van der Waals surface area contributed by atoms with Crippen LogP contribution in [0.25, 0.3) is 11.1 Å². The summed E-state index contributed by atoms with van der Waals surface area (Å²) >= 11 is 0. The van der Waals surface area contributed by atoms with Crippen LogP contribution >= 0.6 is 0 Å². The number of rotatable bonds is 4. The molecule has 0 spiro atoms. The highest BCUT2D eigenvalue weighted by molar-refractivity contribution is 5.83. The quantitative estimate of drug-likeness (QED) is 0.836. The molecule has 1 atom stereocenters. The highest BCUT2D eigenvalue weighted by Gasteiger charge is 2.28. The number of hydrogen-bond acceptors (Lipinski definition) is 6. The Labute approximate surface area is 167 Å². The van der Waals surface area contributed by atoms with Crippen LogP contribution in [0.1, 0.15) is 34.6 Å². The van der Waals surface area contributed by atoms with Gasteiger partial charge in [-0.2, -0.15) is 0 Å². The Bertz CT molecular complexity index is 1080. The molecular weight excluding hydrogens is 362 g/mol. The molecule has 2 aromatic carbocycles. The number of hydrogen-bond donors (Lipinski definition) is 2. The largest absolute Gasteiger partial charge is 0.502 e. The van der Waals surface area contributed by atoms with E-state index in [1.807, 2.05) is 0 Å². The lowest BCUT2D eigenvalue weighted by molar-refractivity contribution is -0.119. The van der Waals surface area contributed by atoms with E-state index in [4.69, 9.17) is 18.3 Å². The minimum Gasteiger partial charge on any atom is -0.502 e. The van der Waals surface area contributed by atoms with Crippen molar-refractivity contribution < 1.29 is 28.2 Å². The molecule has 148 valence electrons. The van der Waals surface area contributed by atoms with Gasteiger partial charge in [0.1, 0.15) is 0 Å². The van der Waals surface area contributed by atoms with Gasteiger partial charge >= 0.3 is 0 Å². The first-order valence-corrected chi connectivity index (χ1v) is 8.62. The standard InChI is InChI=1S/C21H23NO6/c1-11(23)22-15-7-5-12-9-18(27-3)20(25)21(28-4)19(12)13-6-8-17(26-2)16(24)10-14(13)15/h6,8-10,15,25H,5,7H2,1-4H3,(H,22,23)/t15-/m0/s1/i1D3. The minimum atomic E-state index is -2.84. The predicted molar refractivity (Wildman–Crippen MR) is 104 cm³/mol. The zero-order chi connectivity index (χ0) is 22.9. The Morgan fingerprint density at radius 3 is 2.57 bits per heavy atom. The molecule has 1 aliphatic carbocycles. The molecule has 7 heteroatoms. The summed E-state index contributed by atoms with van der Waals surface area (Å²) in [6.07, 6.45) is 0.711. The van der Waals surface area contributed by atoms with Gasteiger partial charge in [0.2, 0.25) is 17.1 Å². The van der Waals surface area contributed by atoms with Crippen molar-refractivity contribution in [2.24, 2.45) is 0 Å². The number of fused-ring (bicyclic) bond motifs is 3. The summed E-state index contributed by atoms with van der Waals surface area (Å²) in [4.78, 5) is 24.9. The van der Waals surface area contributed by atoms with Gasteiger partial charge in [-0.05, 0) is 47.7 Å². The first-order valence-electron chi connectivity index (χ1n) is 10.1. The predicted octanol–water partition coefficient (Wildman–Crippen LogP) is 2.57. The van der Waals surface area contributed by atoms with Crippen LogP contribution in [0.5, 0.6) is 23.0 Å². The second-order valence-electron chi connectivity index (χ2n) is 6.34. The van der Waals surface area contributed by atoms with Crippen LogP contribution < -0.4 is 25.0 Å². The smallest absolute Gasteiger partial charge is 0.220 e. The van der Waals surface area contributed by atoms with Gasteiger partial charge in [0.25, 0.3) is 0 Å². The molecule has 0 bridgehead atoms. The summed E-state index contributed by atoms with van der Waals surface area (Å²) in [5.41, 5.74) is 1.73. The molecule has 7 nitrogen and oxygen atoms in total. The summed E-state index contributed by atoms with van der Waals surface area (Å²) in [7, 11) is 4.18. The molecule has 2 N–H and O–H groups in total. The van der Waals surface area contributed by atoms with Crippen molar-refractivity contribution in [3.8, 4) is 34.1 Å². The molecule has 0 saturated heterocycles. The average Bonchev–Trinajstić information content (AvgIpc) is 2.96. The molecule has 1 amide bonds. The van der Waals surface area contributed by atoms with Gasteiger partial charge in [0.05, 0.1) is 27.4 Å². The van der Waals surface area contributed by atoms with Gasteiger partial charge < -0.3 is 24.6 Å². The van der Waals surface area contributed by atoms with E-state index in [-0.39, 0.29) is 23.0 Å². The average molecular weight is 388 g/mol. The number of nitrogens with one attached hydrogen (secondary N) is 1. The van der Waals surface area contributed by atoms with Crippen LogP contribution in [0.15, 0.2) is 29.1 Å². The molecule has 28 heavy (non-hydrogen) atoms. The van der Waals surface area contributed by atoms with E-state index in [9.17, 15) is 14.7 Å². The topological polar surface area (TPSA) is 94.1 Å². The number of benzene rings is 1. The van der Waals surface area contributed by atoms with Crippen LogP contribution in [0, 0.1) is 0 Å². The van der Waals surface area contributed by atoms with Crippen LogP contribution in [0.2, 0.25) is 0 Å². The fraction of sp³-hybridized carbons (Fsp3) is 0.333. The van der Waals surface area contributed by atoms with Crippen molar-refractivity contribution in [2.45, 2.75) is 25.7 Å². The van der Waals surface area contributed by atoms with Gasteiger partial charge in [0, 0.05) is 16.5 Å². The number of carbonyl (C=O) groups is 1. The van der Waals surface area contributed by atoms with E-state index in [0.29, 0.717) is 29.5 Å². The maximum atomic E-state index is 12.6. The first-order chi connectivity index (χ1) is 14.6. The molecule has 3 rings (SSSR count). The van der Waals surface area contributed by atoms with E-state index in [1.165, 1.54) is 33.5 Å². The molecule has 2 aromatic rings. The number of ether oxygens (including phenoxy) is 3. The fourth-order valence-corrected chi connectivity index (χ4v) is 3.60.